The topological polar surface area (TPSA) is 82.0 Å². The van der Waals surface area contributed by atoms with Crippen LogP contribution < -0.4 is 14.4 Å². The number of carbonyl (C=O) groups is 1. The zero-order valence-electron chi connectivity index (χ0n) is 18.0. The van der Waals surface area contributed by atoms with Crippen molar-refractivity contribution in [3.63, 3.8) is 0 Å². The van der Waals surface area contributed by atoms with E-state index in [4.69, 9.17) is 19.2 Å². The van der Waals surface area contributed by atoms with E-state index >= 15 is 0 Å². The lowest BCUT2D eigenvalue weighted by Crippen LogP contribution is -2.39. The highest BCUT2D eigenvalue weighted by Crippen LogP contribution is 2.33. The van der Waals surface area contributed by atoms with Gasteiger partial charge in [-0.15, -0.1) is 5.10 Å². The number of ether oxygens (including phenoxy) is 3. The molecule has 31 heavy (non-hydrogen) atoms. The van der Waals surface area contributed by atoms with Crippen molar-refractivity contribution in [2.45, 2.75) is 6.42 Å². The van der Waals surface area contributed by atoms with Crippen LogP contribution >= 0.6 is 11.3 Å². The summed E-state index contributed by atoms with van der Waals surface area (Å²) in [7, 11) is 4.93. The average Bonchev–Trinajstić information content (AvgIpc) is 3.39. The van der Waals surface area contributed by atoms with Crippen molar-refractivity contribution >= 4 is 32.6 Å². The van der Waals surface area contributed by atoms with Gasteiger partial charge in [-0.25, -0.2) is 4.98 Å². The Bertz CT molecular complexity index is 1040. The minimum absolute atomic E-state index is 0.169. The lowest BCUT2D eigenvalue weighted by Gasteiger charge is -2.27. The Balaban J connectivity index is 1.60. The number of aromatic nitrogens is 3. The second-order valence-electron chi connectivity index (χ2n) is 7.32. The van der Waals surface area contributed by atoms with Gasteiger partial charge < -0.3 is 14.2 Å². The van der Waals surface area contributed by atoms with Gasteiger partial charge in [-0.1, -0.05) is 11.3 Å². The molecule has 0 saturated carbocycles. The first-order chi connectivity index (χ1) is 15.1. The molecule has 1 amide bonds. The van der Waals surface area contributed by atoms with Gasteiger partial charge in [0.05, 0.1) is 37.6 Å². The number of hydrogen-bond donors (Lipinski definition) is 0. The van der Waals surface area contributed by atoms with Crippen LogP contribution in [0.2, 0.25) is 0 Å². The van der Waals surface area contributed by atoms with E-state index in [0.29, 0.717) is 23.1 Å². The summed E-state index contributed by atoms with van der Waals surface area (Å²) in [6, 6.07) is 5.73. The molecule has 3 heterocycles. The number of carbonyl (C=O) groups excluding carboxylic acids is 1. The highest BCUT2D eigenvalue weighted by atomic mass is 32.1. The summed E-state index contributed by atoms with van der Waals surface area (Å²) in [6.07, 6.45) is 2.51. The second-order valence-corrected chi connectivity index (χ2v) is 8.33. The summed E-state index contributed by atoms with van der Waals surface area (Å²) in [5.41, 5.74) is 1.26. The van der Waals surface area contributed by atoms with Crippen molar-refractivity contribution < 1.29 is 19.0 Å². The van der Waals surface area contributed by atoms with E-state index in [0.717, 1.165) is 55.2 Å². The zero-order valence-corrected chi connectivity index (χ0v) is 18.9. The van der Waals surface area contributed by atoms with E-state index in [1.165, 1.54) is 18.4 Å². The van der Waals surface area contributed by atoms with Crippen LogP contribution in [0.15, 0.2) is 24.4 Å². The third-order valence-corrected chi connectivity index (χ3v) is 6.28. The number of fused-ring (bicyclic) bond motifs is 1. The smallest absolute Gasteiger partial charge is 0.267 e. The Labute approximate surface area is 185 Å². The summed E-state index contributed by atoms with van der Waals surface area (Å²) >= 11 is 1.48. The molecule has 9 nitrogen and oxygen atoms in total. The van der Waals surface area contributed by atoms with Gasteiger partial charge in [0, 0.05) is 39.4 Å². The van der Waals surface area contributed by atoms with Crippen molar-refractivity contribution in [2.75, 3.05) is 58.5 Å². The largest absolute Gasteiger partial charge is 0.497 e. The van der Waals surface area contributed by atoms with Crippen LogP contribution in [-0.4, -0.2) is 79.2 Å². The Morgan fingerprint density at radius 3 is 2.81 bits per heavy atom. The van der Waals surface area contributed by atoms with Crippen LogP contribution in [0.1, 0.15) is 16.8 Å². The minimum atomic E-state index is -0.169. The number of amides is 1. The van der Waals surface area contributed by atoms with Crippen LogP contribution in [-0.2, 0) is 11.8 Å². The maximum Gasteiger partial charge on any atom is 0.267 e. The SMILES string of the molecule is COc1ccc2nc(N(CCCN3CCOCC3)C(=O)c3cn(C)nc3OC)sc2c1. The van der Waals surface area contributed by atoms with E-state index in [-0.39, 0.29) is 5.91 Å². The van der Waals surface area contributed by atoms with Gasteiger partial charge >= 0.3 is 0 Å². The number of aryl methyl sites for hydroxylation is 1. The standard InChI is InChI=1S/C21H27N5O4S/c1-24-14-16(19(23-24)29-3)20(27)26(8-4-7-25-9-11-30-12-10-25)21-22-17-6-5-15(28-2)13-18(17)31-21/h5-6,13-14H,4,7-12H2,1-3H3. The molecule has 4 rings (SSSR count). The number of hydrogen-bond acceptors (Lipinski definition) is 8. The van der Waals surface area contributed by atoms with Crippen LogP contribution in [0, 0.1) is 0 Å². The van der Waals surface area contributed by atoms with Crippen LogP contribution in [0.5, 0.6) is 11.6 Å². The number of anilines is 1. The van der Waals surface area contributed by atoms with Crippen molar-refractivity contribution in [1.29, 1.82) is 0 Å². The molecule has 0 atom stereocenters. The van der Waals surface area contributed by atoms with Gasteiger partial charge in [-0.05, 0) is 24.6 Å². The Kier molecular flexibility index (Phi) is 6.69. The van der Waals surface area contributed by atoms with Gasteiger partial charge in [-0.3, -0.25) is 19.3 Å². The number of nitrogens with zero attached hydrogens (tertiary/aromatic N) is 5. The van der Waals surface area contributed by atoms with Crippen molar-refractivity contribution in [2.24, 2.45) is 7.05 Å². The minimum Gasteiger partial charge on any atom is -0.497 e. The van der Waals surface area contributed by atoms with Gasteiger partial charge in [-0.2, -0.15) is 0 Å². The molecular formula is C21H27N5O4S. The normalized spacial score (nSPS) is 14.7. The second kappa shape index (κ2) is 9.63. The monoisotopic (exact) mass is 445 g/mol. The summed E-state index contributed by atoms with van der Waals surface area (Å²) < 4.78 is 18.6. The molecule has 0 unspecified atom stereocenters. The lowest BCUT2D eigenvalue weighted by atomic mass is 10.2. The van der Waals surface area contributed by atoms with E-state index in [1.54, 1.807) is 29.9 Å². The molecule has 1 aromatic carbocycles. The van der Waals surface area contributed by atoms with Crippen LogP contribution in [0.4, 0.5) is 5.13 Å². The summed E-state index contributed by atoms with van der Waals surface area (Å²) in [4.78, 5) is 22.3. The van der Waals surface area contributed by atoms with Gasteiger partial charge in [0.25, 0.3) is 5.91 Å². The van der Waals surface area contributed by atoms with E-state index in [9.17, 15) is 4.79 Å². The zero-order chi connectivity index (χ0) is 21.8. The molecule has 0 radical (unpaired) electrons. The number of morpholine rings is 1. The number of rotatable bonds is 8. The summed E-state index contributed by atoms with van der Waals surface area (Å²) in [6.45, 7) is 4.81. The summed E-state index contributed by atoms with van der Waals surface area (Å²) in [5.74, 6) is 0.910. The summed E-state index contributed by atoms with van der Waals surface area (Å²) in [5, 5.41) is 4.89. The lowest BCUT2D eigenvalue weighted by molar-refractivity contribution is 0.0376. The number of thiazole rings is 1. The van der Waals surface area contributed by atoms with Crippen LogP contribution in [0.25, 0.3) is 10.2 Å². The third-order valence-electron chi connectivity index (χ3n) is 5.24. The third kappa shape index (κ3) is 4.81. The van der Waals surface area contributed by atoms with Gasteiger partial charge in [0.2, 0.25) is 5.88 Å². The molecule has 0 spiro atoms. The molecule has 10 heteroatoms. The van der Waals surface area contributed by atoms with Crippen molar-refractivity contribution in [1.82, 2.24) is 19.7 Å². The molecule has 166 valence electrons. The highest BCUT2D eigenvalue weighted by Gasteiger charge is 2.26. The van der Waals surface area contributed by atoms with E-state index in [1.807, 2.05) is 18.2 Å². The predicted molar refractivity (Wildman–Crippen MR) is 119 cm³/mol. The molecule has 1 saturated heterocycles. The van der Waals surface area contributed by atoms with Gasteiger partial charge in [0.1, 0.15) is 11.3 Å². The molecular weight excluding hydrogens is 418 g/mol. The fraction of sp³-hybridized carbons (Fsp3) is 0.476. The maximum atomic E-state index is 13.5. The van der Waals surface area contributed by atoms with Gasteiger partial charge in [0.15, 0.2) is 5.13 Å². The fourth-order valence-corrected chi connectivity index (χ4v) is 4.63. The average molecular weight is 446 g/mol. The Hall–Kier alpha value is -2.69. The van der Waals surface area contributed by atoms with E-state index < -0.39 is 0 Å². The quantitative estimate of drug-likeness (QED) is 0.527. The Morgan fingerprint density at radius 1 is 1.26 bits per heavy atom. The Morgan fingerprint density at radius 2 is 2.06 bits per heavy atom. The number of methoxy groups -OCH3 is 2. The number of benzene rings is 1. The van der Waals surface area contributed by atoms with Crippen LogP contribution in [0.3, 0.4) is 0 Å². The molecule has 3 aromatic rings. The molecule has 1 aliphatic heterocycles. The first kappa shape index (κ1) is 21.5. The highest BCUT2D eigenvalue weighted by molar-refractivity contribution is 7.22. The molecule has 2 aromatic heterocycles. The van der Waals surface area contributed by atoms with Crippen molar-refractivity contribution in [3.05, 3.63) is 30.0 Å². The molecule has 1 aliphatic rings. The predicted octanol–water partition coefficient (Wildman–Crippen LogP) is 2.42. The fourth-order valence-electron chi connectivity index (χ4n) is 3.61. The first-order valence-corrected chi connectivity index (χ1v) is 11.0. The maximum absolute atomic E-state index is 13.5. The molecule has 0 N–H and O–H groups in total. The van der Waals surface area contributed by atoms with Crippen molar-refractivity contribution in [3.8, 4) is 11.6 Å². The first-order valence-electron chi connectivity index (χ1n) is 10.2. The molecule has 1 fully saturated rings. The van der Waals surface area contributed by atoms with E-state index in [2.05, 4.69) is 10.00 Å². The molecule has 0 bridgehead atoms. The molecule has 0 aliphatic carbocycles.